The van der Waals surface area contributed by atoms with Gasteiger partial charge in [-0.3, -0.25) is 4.21 Å². The Balaban J connectivity index is 2.43. The molecular formula is C11H19NO2S. The Morgan fingerprint density at radius 1 is 1.53 bits per heavy atom. The highest BCUT2D eigenvalue weighted by molar-refractivity contribution is 7.84. The summed E-state index contributed by atoms with van der Waals surface area (Å²) in [5, 5.41) is 3.33. The summed E-state index contributed by atoms with van der Waals surface area (Å²) >= 11 is 0. The molecule has 1 aromatic heterocycles. The van der Waals surface area contributed by atoms with Crippen molar-refractivity contribution in [2.45, 2.75) is 33.4 Å². The first kappa shape index (κ1) is 12.5. The number of aryl methyl sites for hydroxylation is 2. The fourth-order valence-electron chi connectivity index (χ4n) is 1.55. The highest BCUT2D eigenvalue weighted by Crippen LogP contribution is 2.13. The molecule has 1 N–H and O–H groups in total. The third-order valence-electron chi connectivity index (χ3n) is 2.27. The molecule has 0 amide bonds. The largest absolute Gasteiger partial charge is 0.466 e. The number of hydrogen-bond donors (Lipinski definition) is 1. The van der Waals surface area contributed by atoms with E-state index in [4.69, 9.17) is 4.42 Å². The van der Waals surface area contributed by atoms with Gasteiger partial charge < -0.3 is 9.73 Å². The quantitative estimate of drug-likeness (QED) is 0.836. The van der Waals surface area contributed by atoms with Gasteiger partial charge in [0.15, 0.2) is 0 Å². The molecule has 0 fully saturated rings. The smallest absolute Gasteiger partial charge is 0.105 e. The lowest BCUT2D eigenvalue weighted by atomic mass is 10.2. The molecule has 1 rings (SSSR count). The van der Waals surface area contributed by atoms with Gasteiger partial charge in [-0.05, 0) is 26.8 Å². The van der Waals surface area contributed by atoms with E-state index >= 15 is 0 Å². The third kappa shape index (κ3) is 4.18. The molecule has 15 heavy (non-hydrogen) atoms. The summed E-state index contributed by atoms with van der Waals surface area (Å²) < 4.78 is 16.4. The van der Waals surface area contributed by atoms with Crippen LogP contribution in [0.5, 0.6) is 0 Å². The standard InChI is InChI=1S/C11H19NO2S/c1-8(7-15(4)13)12-6-11-5-9(2)14-10(11)3/h5,8,12H,6-7H2,1-4H3. The van der Waals surface area contributed by atoms with Crippen LogP contribution < -0.4 is 5.32 Å². The van der Waals surface area contributed by atoms with Crippen molar-refractivity contribution >= 4 is 10.8 Å². The van der Waals surface area contributed by atoms with Gasteiger partial charge in [-0.1, -0.05) is 0 Å². The van der Waals surface area contributed by atoms with E-state index in [0.29, 0.717) is 5.75 Å². The Morgan fingerprint density at radius 2 is 2.20 bits per heavy atom. The van der Waals surface area contributed by atoms with E-state index in [1.54, 1.807) is 6.26 Å². The first-order valence-corrected chi connectivity index (χ1v) is 6.81. The van der Waals surface area contributed by atoms with Crippen molar-refractivity contribution in [3.63, 3.8) is 0 Å². The molecule has 0 aliphatic heterocycles. The molecule has 3 nitrogen and oxygen atoms in total. The molecule has 1 heterocycles. The molecule has 0 aliphatic carbocycles. The fraction of sp³-hybridized carbons (Fsp3) is 0.636. The zero-order valence-electron chi connectivity index (χ0n) is 9.79. The van der Waals surface area contributed by atoms with Crippen LogP contribution in [0.15, 0.2) is 10.5 Å². The van der Waals surface area contributed by atoms with Crippen LogP contribution in [0.4, 0.5) is 0 Å². The molecule has 2 atom stereocenters. The highest BCUT2D eigenvalue weighted by atomic mass is 32.2. The van der Waals surface area contributed by atoms with Crippen LogP contribution in [-0.4, -0.2) is 22.3 Å². The monoisotopic (exact) mass is 229 g/mol. The zero-order chi connectivity index (χ0) is 11.4. The topological polar surface area (TPSA) is 42.2 Å². The molecule has 0 aromatic carbocycles. The maximum absolute atomic E-state index is 11.0. The number of rotatable bonds is 5. The SMILES string of the molecule is Cc1cc(CNC(C)CS(C)=O)c(C)o1. The van der Waals surface area contributed by atoms with Gasteiger partial charge in [0.05, 0.1) is 0 Å². The van der Waals surface area contributed by atoms with Gasteiger partial charge in [0.1, 0.15) is 11.5 Å². The Kier molecular flexibility index (Phi) is 4.54. The predicted molar refractivity (Wildman–Crippen MR) is 63.4 cm³/mol. The minimum absolute atomic E-state index is 0.269. The molecule has 0 saturated heterocycles. The molecule has 0 saturated carbocycles. The van der Waals surface area contributed by atoms with Crippen molar-refractivity contribution in [1.29, 1.82) is 0 Å². The normalized spacial score (nSPS) is 15.2. The summed E-state index contributed by atoms with van der Waals surface area (Å²) in [6.45, 7) is 6.74. The van der Waals surface area contributed by atoms with Gasteiger partial charge in [0, 0.05) is 41.0 Å². The number of furan rings is 1. The lowest BCUT2D eigenvalue weighted by Crippen LogP contribution is -2.30. The average molecular weight is 229 g/mol. The zero-order valence-corrected chi connectivity index (χ0v) is 10.6. The number of hydrogen-bond acceptors (Lipinski definition) is 3. The van der Waals surface area contributed by atoms with Crippen LogP contribution >= 0.6 is 0 Å². The van der Waals surface area contributed by atoms with Crippen molar-refractivity contribution in [3.05, 3.63) is 23.2 Å². The van der Waals surface area contributed by atoms with Crippen LogP contribution in [0.2, 0.25) is 0 Å². The van der Waals surface area contributed by atoms with E-state index in [1.807, 2.05) is 26.8 Å². The van der Waals surface area contributed by atoms with E-state index in [-0.39, 0.29) is 6.04 Å². The van der Waals surface area contributed by atoms with E-state index in [2.05, 4.69) is 5.32 Å². The summed E-state index contributed by atoms with van der Waals surface area (Å²) in [4.78, 5) is 0. The van der Waals surface area contributed by atoms with Crippen molar-refractivity contribution < 1.29 is 8.63 Å². The van der Waals surface area contributed by atoms with Crippen molar-refractivity contribution in [1.82, 2.24) is 5.32 Å². The van der Waals surface area contributed by atoms with Crippen LogP contribution in [0, 0.1) is 13.8 Å². The van der Waals surface area contributed by atoms with Crippen molar-refractivity contribution in [2.75, 3.05) is 12.0 Å². The molecule has 4 heteroatoms. The van der Waals surface area contributed by atoms with Gasteiger partial charge in [0.2, 0.25) is 0 Å². The van der Waals surface area contributed by atoms with Gasteiger partial charge >= 0.3 is 0 Å². The van der Waals surface area contributed by atoms with Crippen LogP contribution in [-0.2, 0) is 17.3 Å². The molecule has 86 valence electrons. The molecular weight excluding hydrogens is 210 g/mol. The summed E-state index contributed by atoms with van der Waals surface area (Å²) in [6, 6.07) is 2.31. The van der Waals surface area contributed by atoms with Crippen molar-refractivity contribution in [3.8, 4) is 0 Å². The van der Waals surface area contributed by atoms with Crippen LogP contribution in [0.25, 0.3) is 0 Å². The number of nitrogens with one attached hydrogen (secondary N) is 1. The van der Waals surface area contributed by atoms with Gasteiger partial charge in [-0.2, -0.15) is 0 Å². The Labute approximate surface area is 93.7 Å². The summed E-state index contributed by atoms with van der Waals surface area (Å²) in [7, 11) is -0.740. The molecule has 0 spiro atoms. The summed E-state index contributed by atoms with van der Waals surface area (Å²) in [5.41, 5.74) is 1.18. The second-order valence-corrected chi connectivity index (χ2v) is 5.44. The van der Waals surface area contributed by atoms with E-state index in [9.17, 15) is 4.21 Å². The first-order valence-electron chi connectivity index (χ1n) is 5.08. The maximum atomic E-state index is 11.0. The summed E-state index contributed by atoms with van der Waals surface area (Å²) in [6.07, 6.45) is 1.73. The Hall–Kier alpha value is -0.610. The molecule has 0 aliphatic rings. The molecule has 0 bridgehead atoms. The molecule has 0 radical (unpaired) electrons. The highest BCUT2D eigenvalue weighted by Gasteiger charge is 2.07. The van der Waals surface area contributed by atoms with Crippen LogP contribution in [0.1, 0.15) is 24.0 Å². The minimum atomic E-state index is -0.740. The maximum Gasteiger partial charge on any atom is 0.105 e. The fourth-order valence-corrected chi connectivity index (χ4v) is 2.38. The predicted octanol–water partition coefficient (Wildman–Crippen LogP) is 1.75. The minimum Gasteiger partial charge on any atom is -0.466 e. The lowest BCUT2D eigenvalue weighted by molar-refractivity contribution is 0.496. The van der Waals surface area contributed by atoms with E-state index in [1.165, 1.54) is 5.56 Å². The average Bonchev–Trinajstić information content (AvgIpc) is 2.40. The Bertz CT molecular complexity index is 346. The van der Waals surface area contributed by atoms with E-state index < -0.39 is 10.8 Å². The van der Waals surface area contributed by atoms with Crippen LogP contribution in [0.3, 0.4) is 0 Å². The van der Waals surface area contributed by atoms with Gasteiger partial charge in [0.25, 0.3) is 0 Å². The van der Waals surface area contributed by atoms with E-state index in [0.717, 1.165) is 18.1 Å². The third-order valence-corrected chi connectivity index (χ3v) is 3.24. The van der Waals surface area contributed by atoms with Gasteiger partial charge in [-0.15, -0.1) is 0 Å². The van der Waals surface area contributed by atoms with Gasteiger partial charge in [-0.25, -0.2) is 0 Å². The Morgan fingerprint density at radius 3 is 2.67 bits per heavy atom. The molecule has 2 unspecified atom stereocenters. The first-order chi connectivity index (χ1) is 6.99. The summed E-state index contributed by atoms with van der Waals surface area (Å²) in [5.74, 6) is 2.59. The lowest BCUT2D eigenvalue weighted by Gasteiger charge is -2.11. The molecule has 1 aromatic rings. The second kappa shape index (κ2) is 5.47. The second-order valence-electron chi connectivity index (χ2n) is 3.96. The van der Waals surface area contributed by atoms with Crippen molar-refractivity contribution in [2.24, 2.45) is 0 Å².